The molecule has 1 aliphatic rings. The number of carbonyl (C=O) groups is 3. The Labute approximate surface area is 170 Å². The van der Waals surface area contributed by atoms with Gasteiger partial charge in [0.2, 0.25) is 17.7 Å². The molecule has 0 aromatic carbocycles. The highest BCUT2D eigenvalue weighted by Gasteiger charge is 2.45. The second-order valence-electron chi connectivity index (χ2n) is 6.95. The highest BCUT2D eigenvalue weighted by molar-refractivity contribution is 5.75. The molecule has 0 aliphatic carbocycles. The molecular weight excluding hydrogens is 386 g/mol. The largest absolute Gasteiger partial charge is 0.394 e. The van der Waals surface area contributed by atoms with Crippen molar-refractivity contribution in [1.29, 1.82) is 0 Å². The molecule has 29 heavy (non-hydrogen) atoms. The van der Waals surface area contributed by atoms with Crippen LogP contribution in [0, 0.1) is 0 Å². The fourth-order valence-electron chi connectivity index (χ4n) is 2.87. The van der Waals surface area contributed by atoms with Crippen LogP contribution in [0.4, 0.5) is 0 Å². The number of hydrogen-bond donors (Lipinski definition) is 6. The Bertz CT molecular complexity index is 533. The average molecular weight is 419 g/mol. The monoisotopic (exact) mass is 419 g/mol. The standard InChI is InChI=1S/C18H33N3O8/c1-11(23)19-7-5-8-20-14(25)6-3-4-9-28-18-15(21-12(2)24)17(27)16(26)13(10-22)29-18/h13,15-18,22,26-27H,3-10H2,1-2H3,(H,19,23)(H,20,25)(H,21,24)/t13-,15?,16-,17?,18+/m0/s1. The predicted molar refractivity (Wildman–Crippen MR) is 101 cm³/mol. The van der Waals surface area contributed by atoms with Crippen LogP contribution in [0.2, 0.25) is 0 Å². The van der Waals surface area contributed by atoms with Gasteiger partial charge in [0.1, 0.15) is 24.4 Å². The lowest BCUT2D eigenvalue weighted by molar-refractivity contribution is -0.270. The molecule has 5 atom stereocenters. The Morgan fingerprint density at radius 2 is 1.66 bits per heavy atom. The van der Waals surface area contributed by atoms with Crippen LogP contribution in [0.25, 0.3) is 0 Å². The Kier molecular flexibility index (Phi) is 11.7. The van der Waals surface area contributed by atoms with Gasteiger partial charge in [0.05, 0.1) is 6.61 Å². The summed E-state index contributed by atoms with van der Waals surface area (Å²) < 4.78 is 11.0. The lowest BCUT2D eigenvalue weighted by Crippen LogP contribution is -2.64. The van der Waals surface area contributed by atoms with Gasteiger partial charge in [-0.2, -0.15) is 0 Å². The van der Waals surface area contributed by atoms with E-state index in [-0.39, 0.29) is 18.4 Å². The van der Waals surface area contributed by atoms with Crippen molar-refractivity contribution in [3.05, 3.63) is 0 Å². The molecule has 1 heterocycles. The first-order valence-electron chi connectivity index (χ1n) is 9.78. The van der Waals surface area contributed by atoms with E-state index in [0.29, 0.717) is 38.8 Å². The lowest BCUT2D eigenvalue weighted by Gasteiger charge is -2.42. The Hall–Kier alpha value is -1.79. The van der Waals surface area contributed by atoms with Gasteiger partial charge in [0, 0.05) is 40.0 Å². The van der Waals surface area contributed by atoms with Crippen molar-refractivity contribution < 1.29 is 39.2 Å². The van der Waals surface area contributed by atoms with Crippen molar-refractivity contribution in [2.24, 2.45) is 0 Å². The fraction of sp³-hybridized carbons (Fsp3) is 0.833. The van der Waals surface area contributed by atoms with Gasteiger partial charge in [0.15, 0.2) is 6.29 Å². The smallest absolute Gasteiger partial charge is 0.219 e. The number of carbonyl (C=O) groups excluding carboxylic acids is 3. The van der Waals surface area contributed by atoms with E-state index in [0.717, 1.165) is 0 Å². The Morgan fingerprint density at radius 1 is 0.966 bits per heavy atom. The first-order valence-corrected chi connectivity index (χ1v) is 9.78. The van der Waals surface area contributed by atoms with Crippen molar-refractivity contribution in [2.45, 2.75) is 70.2 Å². The zero-order valence-corrected chi connectivity index (χ0v) is 16.9. The molecule has 0 aromatic rings. The quantitative estimate of drug-likeness (QED) is 0.193. The normalized spacial score (nSPS) is 26.6. The maximum Gasteiger partial charge on any atom is 0.219 e. The highest BCUT2D eigenvalue weighted by Crippen LogP contribution is 2.22. The van der Waals surface area contributed by atoms with Gasteiger partial charge in [-0.05, 0) is 19.3 Å². The summed E-state index contributed by atoms with van der Waals surface area (Å²) in [7, 11) is 0. The average Bonchev–Trinajstić information content (AvgIpc) is 2.65. The minimum atomic E-state index is -1.36. The number of amides is 3. The second kappa shape index (κ2) is 13.4. The van der Waals surface area contributed by atoms with Crippen molar-refractivity contribution >= 4 is 17.7 Å². The molecule has 0 bridgehead atoms. The van der Waals surface area contributed by atoms with Crippen molar-refractivity contribution in [1.82, 2.24) is 16.0 Å². The molecule has 0 aromatic heterocycles. The summed E-state index contributed by atoms with van der Waals surface area (Å²) in [5.41, 5.74) is 0. The Morgan fingerprint density at radius 3 is 2.28 bits per heavy atom. The third kappa shape index (κ3) is 9.50. The number of rotatable bonds is 12. The van der Waals surface area contributed by atoms with E-state index in [1.807, 2.05) is 0 Å². The van der Waals surface area contributed by atoms with Gasteiger partial charge in [-0.25, -0.2) is 0 Å². The van der Waals surface area contributed by atoms with E-state index < -0.39 is 43.2 Å². The minimum absolute atomic E-state index is 0.100. The SMILES string of the molecule is CC(=O)NCCCNC(=O)CCCCO[C@@H]1O[C@@H](CO)[C@H](O)C(O)C1NC(C)=O. The molecule has 1 fully saturated rings. The summed E-state index contributed by atoms with van der Waals surface area (Å²) in [6, 6.07) is -0.975. The summed E-state index contributed by atoms with van der Waals surface area (Å²) in [5, 5.41) is 37.3. The third-order valence-electron chi connectivity index (χ3n) is 4.38. The number of ether oxygens (including phenoxy) is 2. The summed E-state index contributed by atoms with van der Waals surface area (Å²) in [6.07, 6.45) is -2.70. The summed E-state index contributed by atoms with van der Waals surface area (Å²) in [5.74, 6) is -0.626. The lowest BCUT2D eigenvalue weighted by atomic mass is 9.97. The molecule has 1 saturated heterocycles. The van der Waals surface area contributed by atoms with E-state index >= 15 is 0 Å². The highest BCUT2D eigenvalue weighted by atomic mass is 16.7. The molecule has 0 saturated carbocycles. The van der Waals surface area contributed by atoms with Crippen molar-refractivity contribution in [3.8, 4) is 0 Å². The van der Waals surface area contributed by atoms with Gasteiger partial charge in [-0.15, -0.1) is 0 Å². The van der Waals surface area contributed by atoms with Gasteiger partial charge in [-0.1, -0.05) is 0 Å². The van der Waals surface area contributed by atoms with E-state index in [1.54, 1.807) is 0 Å². The van der Waals surface area contributed by atoms with Crippen molar-refractivity contribution in [2.75, 3.05) is 26.3 Å². The minimum Gasteiger partial charge on any atom is -0.394 e. The van der Waals surface area contributed by atoms with Crippen molar-refractivity contribution in [3.63, 3.8) is 0 Å². The van der Waals surface area contributed by atoms with Gasteiger partial charge in [-0.3, -0.25) is 14.4 Å². The molecule has 168 valence electrons. The van der Waals surface area contributed by atoms with Crippen LogP contribution in [0.1, 0.15) is 39.5 Å². The number of nitrogens with one attached hydrogen (secondary N) is 3. The third-order valence-corrected chi connectivity index (χ3v) is 4.38. The first-order chi connectivity index (χ1) is 13.8. The predicted octanol–water partition coefficient (Wildman–Crippen LogP) is -2.24. The first kappa shape index (κ1) is 25.2. The van der Waals surface area contributed by atoms with Crippen LogP contribution < -0.4 is 16.0 Å². The maximum absolute atomic E-state index is 11.7. The van der Waals surface area contributed by atoms with Crippen LogP contribution >= 0.6 is 0 Å². The summed E-state index contributed by atoms with van der Waals surface area (Å²) >= 11 is 0. The van der Waals surface area contributed by atoms with Gasteiger partial charge >= 0.3 is 0 Å². The molecule has 6 N–H and O–H groups in total. The van der Waals surface area contributed by atoms with E-state index in [1.165, 1.54) is 13.8 Å². The molecule has 11 heteroatoms. The topological polar surface area (TPSA) is 166 Å². The summed E-state index contributed by atoms with van der Waals surface area (Å²) in [4.78, 5) is 33.8. The molecular formula is C18H33N3O8. The molecule has 1 aliphatic heterocycles. The molecule has 11 nitrogen and oxygen atoms in total. The van der Waals surface area contributed by atoms with Crippen LogP contribution in [0.15, 0.2) is 0 Å². The number of unbranched alkanes of at least 4 members (excludes halogenated alkanes) is 1. The zero-order valence-electron chi connectivity index (χ0n) is 16.9. The van der Waals surface area contributed by atoms with Crippen LogP contribution in [-0.4, -0.2) is 90.0 Å². The van der Waals surface area contributed by atoms with Gasteiger partial charge in [0.25, 0.3) is 0 Å². The molecule has 2 unspecified atom stereocenters. The molecule has 0 spiro atoms. The summed E-state index contributed by atoms with van der Waals surface area (Å²) in [6.45, 7) is 3.39. The van der Waals surface area contributed by atoms with E-state index in [9.17, 15) is 29.7 Å². The van der Waals surface area contributed by atoms with E-state index in [2.05, 4.69) is 16.0 Å². The molecule has 0 radical (unpaired) electrons. The fourth-order valence-corrected chi connectivity index (χ4v) is 2.87. The zero-order chi connectivity index (χ0) is 21.8. The van der Waals surface area contributed by atoms with E-state index in [4.69, 9.17) is 9.47 Å². The maximum atomic E-state index is 11.7. The Balaban J connectivity index is 2.29. The van der Waals surface area contributed by atoms with Crippen LogP contribution in [-0.2, 0) is 23.9 Å². The van der Waals surface area contributed by atoms with Crippen LogP contribution in [0.5, 0.6) is 0 Å². The van der Waals surface area contributed by atoms with Gasteiger partial charge < -0.3 is 40.7 Å². The molecule has 1 rings (SSSR count). The second-order valence-corrected chi connectivity index (χ2v) is 6.95. The van der Waals surface area contributed by atoms with Crippen LogP contribution in [0.3, 0.4) is 0 Å². The number of hydrogen-bond acceptors (Lipinski definition) is 8. The number of aliphatic hydroxyl groups excluding tert-OH is 3. The molecule has 3 amide bonds. The number of aliphatic hydroxyl groups is 3.